The van der Waals surface area contributed by atoms with E-state index in [1.54, 1.807) is 61.6 Å². The molecule has 2 amide bonds. The van der Waals surface area contributed by atoms with Gasteiger partial charge in [-0.15, -0.1) is 0 Å². The average molecular weight is 468 g/mol. The normalized spacial score (nSPS) is 14.2. The lowest BCUT2D eigenvalue weighted by molar-refractivity contribution is 0.126. The predicted molar refractivity (Wildman–Crippen MR) is 126 cm³/mol. The first kappa shape index (κ1) is 23.5. The molecule has 0 atom stereocenters. The summed E-state index contributed by atoms with van der Waals surface area (Å²) in [5.41, 5.74) is 2.41. The summed E-state index contributed by atoms with van der Waals surface area (Å²) in [6.45, 7) is 2.22. The van der Waals surface area contributed by atoms with E-state index < -0.39 is 0 Å². The number of anilines is 1. The van der Waals surface area contributed by atoms with E-state index in [-0.39, 0.29) is 23.7 Å². The van der Waals surface area contributed by atoms with Crippen molar-refractivity contribution in [2.24, 2.45) is 0 Å². The molecule has 1 N–H and O–H groups in total. The molecule has 3 aromatic rings. The standard InChI is InChI=1S/C26H27F2N3O3/c1-33-23-15-22(16-24(17-23)34-2)29-26(32)31-13-11-30(12-14-31)25(18-3-7-20(27)8-4-18)19-5-9-21(28)10-6-19/h3-10,15-17,25H,11-14H2,1-2H3,(H,29,32). The molecule has 1 heterocycles. The Bertz CT molecular complexity index is 1050. The Labute approximate surface area is 197 Å². The van der Waals surface area contributed by atoms with Crippen LogP contribution >= 0.6 is 0 Å². The molecule has 4 rings (SSSR count). The summed E-state index contributed by atoms with van der Waals surface area (Å²) < 4.78 is 37.6. The maximum absolute atomic E-state index is 13.5. The van der Waals surface area contributed by atoms with E-state index in [1.165, 1.54) is 24.3 Å². The van der Waals surface area contributed by atoms with Crippen molar-refractivity contribution in [2.45, 2.75) is 6.04 Å². The molecule has 0 spiro atoms. The average Bonchev–Trinajstić information content (AvgIpc) is 2.86. The van der Waals surface area contributed by atoms with Crippen LogP contribution < -0.4 is 14.8 Å². The van der Waals surface area contributed by atoms with Gasteiger partial charge in [0.05, 0.1) is 20.3 Å². The van der Waals surface area contributed by atoms with Crippen LogP contribution in [0.5, 0.6) is 11.5 Å². The van der Waals surface area contributed by atoms with Gasteiger partial charge in [-0.25, -0.2) is 13.6 Å². The van der Waals surface area contributed by atoms with Crippen LogP contribution in [0.4, 0.5) is 19.3 Å². The Kier molecular flexibility index (Phi) is 7.27. The fraction of sp³-hybridized carbons (Fsp3) is 0.269. The SMILES string of the molecule is COc1cc(NC(=O)N2CCN(C(c3ccc(F)cc3)c3ccc(F)cc3)CC2)cc(OC)c1. The number of piperazine rings is 1. The van der Waals surface area contributed by atoms with Gasteiger partial charge in [0.25, 0.3) is 0 Å². The van der Waals surface area contributed by atoms with E-state index in [9.17, 15) is 13.6 Å². The summed E-state index contributed by atoms with van der Waals surface area (Å²) in [6.07, 6.45) is 0. The minimum atomic E-state index is -0.308. The second-order valence-electron chi connectivity index (χ2n) is 8.06. The molecule has 0 aliphatic carbocycles. The fourth-order valence-corrected chi connectivity index (χ4v) is 4.17. The number of benzene rings is 3. The summed E-state index contributed by atoms with van der Waals surface area (Å²) in [6, 6.07) is 17.5. The lowest BCUT2D eigenvalue weighted by Gasteiger charge is -2.39. The van der Waals surface area contributed by atoms with Gasteiger partial charge in [0.2, 0.25) is 0 Å². The van der Waals surface area contributed by atoms with Crippen LogP contribution in [-0.2, 0) is 0 Å². The van der Waals surface area contributed by atoms with Crippen molar-refractivity contribution in [3.05, 3.63) is 89.5 Å². The van der Waals surface area contributed by atoms with Crippen LogP contribution in [0.3, 0.4) is 0 Å². The van der Waals surface area contributed by atoms with E-state index in [4.69, 9.17) is 9.47 Å². The molecule has 0 aromatic heterocycles. The maximum atomic E-state index is 13.5. The summed E-state index contributed by atoms with van der Waals surface area (Å²) >= 11 is 0. The van der Waals surface area contributed by atoms with Gasteiger partial charge in [0.1, 0.15) is 23.1 Å². The number of hydrogen-bond acceptors (Lipinski definition) is 4. The number of ether oxygens (including phenoxy) is 2. The third-order valence-corrected chi connectivity index (χ3v) is 5.94. The number of nitrogens with zero attached hydrogens (tertiary/aromatic N) is 2. The predicted octanol–water partition coefficient (Wildman–Crippen LogP) is 4.92. The molecule has 1 aliphatic rings. The number of rotatable bonds is 6. The number of carbonyl (C=O) groups excluding carboxylic acids is 1. The minimum absolute atomic E-state index is 0.172. The number of halogens is 2. The molecule has 0 radical (unpaired) electrons. The summed E-state index contributed by atoms with van der Waals surface area (Å²) in [7, 11) is 3.11. The third kappa shape index (κ3) is 5.46. The van der Waals surface area contributed by atoms with Crippen molar-refractivity contribution in [3.63, 3.8) is 0 Å². The van der Waals surface area contributed by atoms with Crippen molar-refractivity contribution in [3.8, 4) is 11.5 Å². The Morgan fingerprint density at radius 3 is 1.71 bits per heavy atom. The zero-order chi connectivity index (χ0) is 24.1. The molecule has 3 aromatic carbocycles. The Morgan fingerprint density at radius 1 is 0.794 bits per heavy atom. The molecule has 0 saturated carbocycles. The molecule has 34 heavy (non-hydrogen) atoms. The molecule has 0 bridgehead atoms. The van der Waals surface area contributed by atoms with Crippen molar-refractivity contribution >= 4 is 11.7 Å². The zero-order valence-corrected chi connectivity index (χ0v) is 19.1. The molecule has 1 fully saturated rings. The van der Waals surface area contributed by atoms with Gasteiger partial charge in [-0.2, -0.15) is 0 Å². The second kappa shape index (κ2) is 10.5. The molecule has 1 saturated heterocycles. The van der Waals surface area contributed by atoms with Crippen LogP contribution in [-0.4, -0.2) is 56.2 Å². The van der Waals surface area contributed by atoms with Crippen molar-refractivity contribution in [1.82, 2.24) is 9.80 Å². The van der Waals surface area contributed by atoms with Crippen LogP contribution in [0, 0.1) is 11.6 Å². The summed E-state index contributed by atoms with van der Waals surface area (Å²) in [5, 5.41) is 2.91. The quantitative estimate of drug-likeness (QED) is 0.559. The van der Waals surface area contributed by atoms with Gasteiger partial charge in [0.15, 0.2) is 0 Å². The third-order valence-electron chi connectivity index (χ3n) is 5.94. The zero-order valence-electron chi connectivity index (χ0n) is 19.1. The Hall–Kier alpha value is -3.65. The highest BCUT2D eigenvalue weighted by Crippen LogP contribution is 2.30. The summed E-state index contributed by atoms with van der Waals surface area (Å²) in [5.74, 6) is 0.552. The van der Waals surface area contributed by atoms with Gasteiger partial charge in [-0.05, 0) is 35.4 Å². The van der Waals surface area contributed by atoms with E-state index in [2.05, 4.69) is 10.2 Å². The molecular formula is C26H27F2N3O3. The smallest absolute Gasteiger partial charge is 0.321 e. The topological polar surface area (TPSA) is 54.0 Å². The van der Waals surface area contributed by atoms with Crippen LogP contribution in [0.1, 0.15) is 17.2 Å². The summed E-state index contributed by atoms with van der Waals surface area (Å²) in [4.78, 5) is 16.9. The van der Waals surface area contributed by atoms with Crippen LogP contribution in [0.15, 0.2) is 66.7 Å². The van der Waals surface area contributed by atoms with Gasteiger partial charge in [-0.3, -0.25) is 4.90 Å². The first-order valence-corrected chi connectivity index (χ1v) is 11.0. The number of urea groups is 1. The monoisotopic (exact) mass is 467 g/mol. The van der Waals surface area contributed by atoms with Gasteiger partial charge >= 0.3 is 6.03 Å². The van der Waals surface area contributed by atoms with Gasteiger partial charge in [-0.1, -0.05) is 24.3 Å². The van der Waals surface area contributed by atoms with Crippen LogP contribution in [0.25, 0.3) is 0 Å². The number of nitrogens with one attached hydrogen (secondary N) is 1. The first-order valence-electron chi connectivity index (χ1n) is 11.0. The largest absolute Gasteiger partial charge is 0.497 e. The molecule has 0 unspecified atom stereocenters. The number of amides is 2. The number of hydrogen-bond donors (Lipinski definition) is 1. The molecule has 1 aliphatic heterocycles. The first-order chi connectivity index (χ1) is 16.5. The van der Waals surface area contributed by atoms with E-state index in [1.807, 2.05) is 0 Å². The highest BCUT2D eigenvalue weighted by atomic mass is 19.1. The van der Waals surface area contributed by atoms with Crippen molar-refractivity contribution in [2.75, 3.05) is 45.7 Å². The second-order valence-corrected chi connectivity index (χ2v) is 8.06. The maximum Gasteiger partial charge on any atom is 0.321 e. The lowest BCUT2D eigenvalue weighted by Crippen LogP contribution is -2.51. The molecular weight excluding hydrogens is 440 g/mol. The van der Waals surface area contributed by atoms with Crippen LogP contribution in [0.2, 0.25) is 0 Å². The van der Waals surface area contributed by atoms with E-state index in [0.29, 0.717) is 43.4 Å². The fourth-order valence-electron chi connectivity index (χ4n) is 4.17. The highest BCUT2D eigenvalue weighted by molar-refractivity contribution is 5.90. The van der Waals surface area contributed by atoms with E-state index in [0.717, 1.165) is 11.1 Å². The van der Waals surface area contributed by atoms with Gasteiger partial charge < -0.3 is 19.7 Å². The minimum Gasteiger partial charge on any atom is -0.497 e. The van der Waals surface area contributed by atoms with Gasteiger partial charge in [0, 0.05) is 50.1 Å². The number of methoxy groups -OCH3 is 2. The van der Waals surface area contributed by atoms with Crippen molar-refractivity contribution in [1.29, 1.82) is 0 Å². The Morgan fingerprint density at radius 2 is 1.26 bits per heavy atom. The Balaban J connectivity index is 1.46. The van der Waals surface area contributed by atoms with Crippen molar-refractivity contribution < 1.29 is 23.0 Å². The highest BCUT2D eigenvalue weighted by Gasteiger charge is 2.28. The molecule has 178 valence electrons. The molecule has 6 nitrogen and oxygen atoms in total. The molecule has 8 heteroatoms. The van der Waals surface area contributed by atoms with E-state index >= 15 is 0 Å². The number of carbonyl (C=O) groups is 1. The lowest BCUT2D eigenvalue weighted by atomic mass is 9.96.